The molecular weight excluding hydrogens is 232 g/mol. The lowest BCUT2D eigenvalue weighted by Gasteiger charge is -2.34. The normalized spacial score (nSPS) is 27.0. The van der Waals surface area contributed by atoms with Crippen LogP contribution >= 0.6 is 11.8 Å². The first-order chi connectivity index (χ1) is 8.31. The number of nitrogens with one attached hydrogen (secondary N) is 1. The fourth-order valence-electron chi connectivity index (χ4n) is 2.65. The molecule has 0 aromatic heterocycles. The van der Waals surface area contributed by atoms with E-state index >= 15 is 0 Å². The third-order valence-corrected chi connectivity index (χ3v) is 4.75. The summed E-state index contributed by atoms with van der Waals surface area (Å²) < 4.78 is 5.30. The number of hydrogen-bond acceptors (Lipinski definition) is 4. The summed E-state index contributed by atoms with van der Waals surface area (Å²) in [6.45, 7) is 1.58. The first-order valence-electron chi connectivity index (χ1n) is 6.79. The van der Waals surface area contributed by atoms with Crippen LogP contribution in [0.1, 0.15) is 38.5 Å². The molecule has 3 N–H and O–H groups in total. The lowest BCUT2D eigenvalue weighted by molar-refractivity contribution is 0.151. The summed E-state index contributed by atoms with van der Waals surface area (Å²) in [6, 6.07) is 1.14. The van der Waals surface area contributed by atoms with Crippen LogP contribution in [0.3, 0.4) is 0 Å². The van der Waals surface area contributed by atoms with Gasteiger partial charge >= 0.3 is 0 Å². The predicted molar refractivity (Wildman–Crippen MR) is 76.6 cm³/mol. The van der Waals surface area contributed by atoms with Crippen molar-refractivity contribution >= 4 is 11.8 Å². The highest BCUT2D eigenvalue weighted by molar-refractivity contribution is 7.99. The van der Waals surface area contributed by atoms with Gasteiger partial charge in [0.15, 0.2) is 0 Å². The van der Waals surface area contributed by atoms with Crippen molar-refractivity contribution < 1.29 is 4.74 Å². The molecule has 0 spiro atoms. The van der Waals surface area contributed by atoms with Crippen molar-refractivity contribution in [2.75, 3.05) is 26.5 Å². The molecule has 1 saturated carbocycles. The molecule has 0 aromatic carbocycles. The van der Waals surface area contributed by atoms with E-state index in [1.807, 2.05) is 11.8 Å². The van der Waals surface area contributed by atoms with E-state index in [0.717, 1.165) is 31.2 Å². The van der Waals surface area contributed by atoms with Gasteiger partial charge in [-0.2, -0.15) is 11.8 Å². The Morgan fingerprint density at radius 2 is 2.18 bits per heavy atom. The van der Waals surface area contributed by atoms with Crippen molar-refractivity contribution in [3.63, 3.8) is 0 Å². The number of ether oxygens (including phenoxy) is 1. The molecule has 0 aliphatic heterocycles. The van der Waals surface area contributed by atoms with Crippen molar-refractivity contribution in [3.8, 4) is 0 Å². The van der Waals surface area contributed by atoms with E-state index in [1.54, 1.807) is 7.11 Å². The van der Waals surface area contributed by atoms with Gasteiger partial charge in [-0.15, -0.1) is 0 Å². The van der Waals surface area contributed by atoms with Crippen molar-refractivity contribution in [1.82, 2.24) is 5.32 Å². The van der Waals surface area contributed by atoms with Crippen molar-refractivity contribution in [3.05, 3.63) is 0 Å². The second-order valence-electron chi connectivity index (χ2n) is 4.91. The summed E-state index contributed by atoms with van der Waals surface area (Å²) in [4.78, 5) is 0. The van der Waals surface area contributed by atoms with Gasteiger partial charge in [-0.05, 0) is 38.5 Å². The summed E-state index contributed by atoms with van der Waals surface area (Å²) in [5.74, 6) is 0. The molecule has 17 heavy (non-hydrogen) atoms. The van der Waals surface area contributed by atoms with Gasteiger partial charge < -0.3 is 15.8 Å². The summed E-state index contributed by atoms with van der Waals surface area (Å²) in [5.41, 5.74) is 5.59. The third-order valence-electron chi connectivity index (χ3n) is 3.58. The molecule has 1 aliphatic carbocycles. The molecule has 0 bridgehead atoms. The summed E-state index contributed by atoms with van der Waals surface area (Å²) in [7, 11) is 1.78. The molecule has 0 amide bonds. The Labute approximate surface area is 110 Å². The highest BCUT2D eigenvalue weighted by atomic mass is 32.2. The topological polar surface area (TPSA) is 47.3 Å². The molecule has 0 heterocycles. The van der Waals surface area contributed by atoms with Crippen molar-refractivity contribution in [1.29, 1.82) is 0 Å². The van der Waals surface area contributed by atoms with E-state index in [4.69, 9.17) is 10.5 Å². The van der Waals surface area contributed by atoms with Crippen molar-refractivity contribution in [2.45, 2.75) is 55.9 Å². The molecule has 0 radical (unpaired) electrons. The third kappa shape index (κ3) is 5.60. The van der Waals surface area contributed by atoms with Gasteiger partial charge in [-0.3, -0.25) is 0 Å². The van der Waals surface area contributed by atoms with Crippen LogP contribution in [0.2, 0.25) is 0 Å². The number of methoxy groups -OCH3 is 1. The van der Waals surface area contributed by atoms with Gasteiger partial charge in [0.2, 0.25) is 0 Å². The van der Waals surface area contributed by atoms with Crippen LogP contribution in [-0.2, 0) is 4.74 Å². The van der Waals surface area contributed by atoms with Crippen LogP contribution in [0, 0.1) is 0 Å². The Balaban J connectivity index is 2.39. The maximum Gasteiger partial charge on any atom is 0.0615 e. The van der Waals surface area contributed by atoms with Crippen LogP contribution < -0.4 is 11.1 Å². The van der Waals surface area contributed by atoms with Crippen LogP contribution in [0.4, 0.5) is 0 Å². The Morgan fingerprint density at radius 1 is 1.41 bits per heavy atom. The molecule has 3 unspecified atom stereocenters. The zero-order chi connectivity index (χ0) is 12.5. The fraction of sp³-hybridized carbons (Fsp3) is 1.00. The minimum Gasteiger partial charge on any atom is -0.383 e. The molecule has 4 heteroatoms. The van der Waals surface area contributed by atoms with Crippen LogP contribution in [0.5, 0.6) is 0 Å². The molecule has 0 saturated heterocycles. The smallest absolute Gasteiger partial charge is 0.0615 e. The minimum atomic E-state index is 0.473. The zero-order valence-electron chi connectivity index (χ0n) is 11.3. The van der Waals surface area contributed by atoms with E-state index < -0.39 is 0 Å². The fourth-order valence-corrected chi connectivity index (χ4v) is 3.60. The van der Waals surface area contributed by atoms with Gasteiger partial charge in [0.05, 0.1) is 6.61 Å². The molecule has 1 aliphatic rings. The Kier molecular flexibility index (Phi) is 8.27. The van der Waals surface area contributed by atoms with E-state index in [2.05, 4.69) is 11.6 Å². The van der Waals surface area contributed by atoms with E-state index in [-0.39, 0.29) is 0 Å². The number of thioether (sulfide) groups is 1. The lowest BCUT2D eigenvalue weighted by Crippen LogP contribution is -2.47. The molecule has 1 rings (SSSR count). The zero-order valence-corrected chi connectivity index (χ0v) is 12.1. The summed E-state index contributed by atoms with van der Waals surface area (Å²) in [6.07, 6.45) is 9.87. The van der Waals surface area contributed by atoms with Crippen LogP contribution in [0.15, 0.2) is 0 Å². The second-order valence-corrected chi connectivity index (χ2v) is 5.99. The first-order valence-corrected chi connectivity index (χ1v) is 8.08. The highest BCUT2D eigenvalue weighted by Gasteiger charge is 2.26. The SMILES string of the molecule is COCC(CCCN)NC1CCCCC1SC. The predicted octanol–water partition coefficient (Wildman–Crippen LogP) is 2.00. The lowest BCUT2D eigenvalue weighted by atomic mass is 9.94. The molecular formula is C13H28N2OS. The number of hydrogen-bond donors (Lipinski definition) is 2. The Bertz CT molecular complexity index is 192. The van der Waals surface area contributed by atoms with Crippen molar-refractivity contribution in [2.24, 2.45) is 5.73 Å². The largest absolute Gasteiger partial charge is 0.383 e. The molecule has 0 aromatic rings. The molecule has 1 fully saturated rings. The van der Waals surface area contributed by atoms with Gasteiger partial charge in [-0.25, -0.2) is 0 Å². The van der Waals surface area contributed by atoms with Gasteiger partial charge in [0, 0.05) is 24.4 Å². The van der Waals surface area contributed by atoms with Gasteiger partial charge in [-0.1, -0.05) is 12.8 Å². The number of nitrogens with two attached hydrogens (primary N) is 1. The molecule has 3 atom stereocenters. The summed E-state index contributed by atoms with van der Waals surface area (Å²) in [5, 5.41) is 4.57. The van der Waals surface area contributed by atoms with E-state index in [0.29, 0.717) is 12.1 Å². The Hall–Kier alpha value is 0.230. The average Bonchev–Trinajstić information content (AvgIpc) is 2.37. The van der Waals surface area contributed by atoms with Crippen LogP contribution in [0.25, 0.3) is 0 Å². The second kappa shape index (κ2) is 9.20. The monoisotopic (exact) mass is 260 g/mol. The molecule has 3 nitrogen and oxygen atoms in total. The minimum absolute atomic E-state index is 0.473. The average molecular weight is 260 g/mol. The first kappa shape index (κ1) is 15.3. The quantitative estimate of drug-likeness (QED) is 0.701. The van der Waals surface area contributed by atoms with E-state index in [1.165, 1.54) is 25.7 Å². The van der Waals surface area contributed by atoms with Gasteiger partial charge in [0.1, 0.15) is 0 Å². The Morgan fingerprint density at radius 3 is 2.82 bits per heavy atom. The molecule has 102 valence electrons. The summed E-state index contributed by atoms with van der Waals surface area (Å²) >= 11 is 2.01. The van der Waals surface area contributed by atoms with E-state index in [9.17, 15) is 0 Å². The maximum atomic E-state index is 5.59. The van der Waals surface area contributed by atoms with Gasteiger partial charge in [0.25, 0.3) is 0 Å². The number of rotatable bonds is 8. The standard InChI is InChI=1S/C13H28N2OS/c1-16-10-11(6-5-9-14)15-12-7-3-4-8-13(12)17-2/h11-13,15H,3-10,14H2,1-2H3. The highest BCUT2D eigenvalue weighted by Crippen LogP contribution is 2.27. The maximum absolute atomic E-state index is 5.59. The van der Waals surface area contributed by atoms with Crippen LogP contribution in [-0.4, -0.2) is 43.9 Å².